The van der Waals surface area contributed by atoms with Gasteiger partial charge in [-0.1, -0.05) is 19.8 Å². The van der Waals surface area contributed by atoms with Crippen LogP contribution >= 0.6 is 23.1 Å². The highest BCUT2D eigenvalue weighted by atomic mass is 35.5. The average molecular weight is 260 g/mol. The molecule has 0 aromatic carbocycles. The number of nitrogens with zero attached hydrogens (tertiary/aromatic N) is 2. The van der Waals surface area contributed by atoms with Gasteiger partial charge in [0.15, 0.2) is 0 Å². The summed E-state index contributed by atoms with van der Waals surface area (Å²) in [5, 5.41) is 4.42. The molecular weight excluding hydrogens is 242 g/mol. The Hall–Kier alpha value is -0.350. The van der Waals surface area contributed by atoms with E-state index >= 15 is 0 Å². The van der Waals surface area contributed by atoms with Crippen molar-refractivity contribution in [3.05, 3.63) is 5.82 Å². The summed E-state index contributed by atoms with van der Waals surface area (Å²) in [6, 6.07) is 0. The quantitative estimate of drug-likeness (QED) is 0.845. The molecule has 2 rings (SSSR count). The lowest BCUT2D eigenvalue weighted by Gasteiger charge is -2.39. The van der Waals surface area contributed by atoms with E-state index in [4.69, 9.17) is 11.6 Å². The predicted molar refractivity (Wildman–Crippen MR) is 69.4 cm³/mol. The predicted octanol–water partition coefficient (Wildman–Crippen LogP) is 3.45. The molecule has 0 bridgehead atoms. The molecule has 90 valence electrons. The molecular formula is C11H18ClN3S. The highest BCUT2D eigenvalue weighted by molar-refractivity contribution is 7.09. The Morgan fingerprint density at radius 1 is 1.62 bits per heavy atom. The Bertz CT molecular complexity index is 355. The van der Waals surface area contributed by atoms with Crippen molar-refractivity contribution >= 4 is 28.3 Å². The van der Waals surface area contributed by atoms with E-state index in [9.17, 15) is 0 Å². The van der Waals surface area contributed by atoms with Crippen LogP contribution in [-0.2, 0) is 0 Å². The van der Waals surface area contributed by atoms with Gasteiger partial charge in [-0.2, -0.15) is 4.37 Å². The van der Waals surface area contributed by atoms with E-state index in [1.54, 1.807) is 0 Å². The summed E-state index contributed by atoms with van der Waals surface area (Å²) in [4.78, 5) is 4.36. The van der Waals surface area contributed by atoms with Crippen LogP contribution in [0.4, 0.5) is 5.13 Å². The smallest absolute Gasteiger partial charge is 0.203 e. The number of nitrogens with one attached hydrogen (secondary N) is 1. The number of rotatable bonds is 3. The standard InChI is InChI=1S/C11H18ClN3S/c1-8-4-3-5-11(6-8,7-12)14-10-13-9(2)15-16-10/h8H,3-7H2,1-2H3,(H,13,14,15). The van der Waals surface area contributed by atoms with E-state index < -0.39 is 0 Å². The van der Waals surface area contributed by atoms with Crippen molar-refractivity contribution in [3.63, 3.8) is 0 Å². The van der Waals surface area contributed by atoms with E-state index in [0.717, 1.165) is 29.7 Å². The van der Waals surface area contributed by atoms with Gasteiger partial charge in [-0.3, -0.25) is 0 Å². The van der Waals surface area contributed by atoms with Crippen LogP contribution in [0.1, 0.15) is 38.4 Å². The van der Waals surface area contributed by atoms with Crippen LogP contribution in [0.5, 0.6) is 0 Å². The van der Waals surface area contributed by atoms with Crippen molar-refractivity contribution in [2.45, 2.75) is 45.1 Å². The van der Waals surface area contributed by atoms with Gasteiger partial charge in [-0.05, 0) is 25.7 Å². The van der Waals surface area contributed by atoms with Crippen LogP contribution in [0.15, 0.2) is 0 Å². The molecule has 5 heteroatoms. The summed E-state index contributed by atoms with van der Waals surface area (Å²) in [7, 11) is 0. The number of anilines is 1. The fourth-order valence-corrected chi connectivity index (χ4v) is 3.51. The Balaban J connectivity index is 2.09. The van der Waals surface area contributed by atoms with E-state index in [1.165, 1.54) is 24.4 Å². The molecule has 2 atom stereocenters. The van der Waals surface area contributed by atoms with Crippen LogP contribution in [0.2, 0.25) is 0 Å². The second-order valence-corrected chi connectivity index (χ2v) is 5.91. The number of aryl methyl sites for hydroxylation is 1. The van der Waals surface area contributed by atoms with Gasteiger partial charge in [0.05, 0.1) is 5.54 Å². The van der Waals surface area contributed by atoms with Crippen LogP contribution < -0.4 is 5.32 Å². The molecule has 0 radical (unpaired) electrons. The van der Waals surface area contributed by atoms with Crippen molar-refractivity contribution in [2.75, 3.05) is 11.2 Å². The normalized spacial score (nSPS) is 30.3. The van der Waals surface area contributed by atoms with Crippen molar-refractivity contribution in [1.29, 1.82) is 0 Å². The molecule has 16 heavy (non-hydrogen) atoms. The van der Waals surface area contributed by atoms with Crippen LogP contribution in [0, 0.1) is 12.8 Å². The highest BCUT2D eigenvalue weighted by Gasteiger charge is 2.34. The van der Waals surface area contributed by atoms with Crippen molar-refractivity contribution in [2.24, 2.45) is 5.92 Å². The van der Waals surface area contributed by atoms with Gasteiger partial charge in [0.2, 0.25) is 5.13 Å². The van der Waals surface area contributed by atoms with Gasteiger partial charge >= 0.3 is 0 Å². The third-order valence-corrected chi connectivity index (χ3v) is 4.48. The molecule has 1 aliphatic rings. The van der Waals surface area contributed by atoms with Gasteiger partial charge < -0.3 is 5.32 Å². The second kappa shape index (κ2) is 4.88. The summed E-state index contributed by atoms with van der Waals surface area (Å²) < 4.78 is 4.19. The van der Waals surface area contributed by atoms with E-state index in [2.05, 4.69) is 21.6 Å². The molecule has 1 saturated carbocycles. The number of hydrogen-bond acceptors (Lipinski definition) is 4. The van der Waals surface area contributed by atoms with E-state index in [1.807, 2.05) is 6.92 Å². The summed E-state index contributed by atoms with van der Waals surface area (Å²) in [5.41, 5.74) is 0.0329. The zero-order valence-corrected chi connectivity index (χ0v) is 11.4. The molecule has 0 saturated heterocycles. The molecule has 1 heterocycles. The molecule has 1 N–H and O–H groups in total. The zero-order chi connectivity index (χ0) is 11.6. The third-order valence-electron chi connectivity index (χ3n) is 3.25. The molecule has 0 amide bonds. The number of hydrogen-bond donors (Lipinski definition) is 1. The van der Waals surface area contributed by atoms with Gasteiger partial charge in [-0.15, -0.1) is 11.6 Å². The minimum absolute atomic E-state index is 0.0329. The van der Waals surface area contributed by atoms with Gasteiger partial charge in [0, 0.05) is 17.4 Å². The summed E-state index contributed by atoms with van der Waals surface area (Å²) in [6.45, 7) is 4.21. The SMILES string of the molecule is Cc1nsc(NC2(CCl)CCCC(C)C2)n1. The monoisotopic (exact) mass is 259 g/mol. The van der Waals surface area contributed by atoms with Crippen LogP contribution in [0.3, 0.4) is 0 Å². The number of aromatic nitrogens is 2. The first-order valence-corrected chi connectivity index (χ1v) is 7.09. The number of alkyl halides is 1. The second-order valence-electron chi connectivity index (χ2n) is 4.89. The third kappa shape index (κ3) is 2.66. The van der Waals surface area contributed by atoms with Crippen molar-refractivity contribution in [1.82, 2.24) is 9.36 Å². The first-order chi connectivity index (χ1) is 7.63. The maximum atomic E-state index is 6.15. The zero-order valence-electron chi connectivity index (χ0n) is 9.79. The Kier molecular flexibility index (Phi) is 3.70. The maximum absolute atomic E-state index is 6.15. The van der Waals surface area contributed by atoms with Crippen molar-refractivity contribution in [3.8, 4) is 0 Å². The average Bonchev–Trinajstić information content (AvgIpc) is 2.64. The summed E-state index contributed by atoms with van der Waals surface area (Å²) in [5.74, 6) is 2.23. The topological polar surface area (TPSA) is 37.8 Å². The maximum Gasteiger partial charge on any atom is 0.203 e. The lowest BCUT2D eigenvalue weighted by atomic mass is 9.77. The largest absolute Gasteiger partial charge is 0.354 e. The minimum atomic E-state index is 0.0329. The van der Waals surface area contributed by atoms with Gasteiger partial charge in [0.25, 0.3) is 0 Å². The van der Waals surface area contributed by atoms with E-state index in [-0.39, 0.29) is 5.54 Å². The van der Waals surface area contributed by atoms with Crippen molar-refractivity contribution < 1.29 is 0 Å². The minimum Gasteiger partial charge on any atom is -0.354 e. The molecule has 0 aliphatic heterocycles. The first kappa shape index (κ1) is 12.1. The molecule has 1 aromatic rings. The molecule has 1 aliphatic carbocycles. The lowest BCUT2D eigenvalue weighted by Crippen LogP contribution is -2.44. The summed E-state index contributed by atoms with van der Waals surface area (Å²) in [6.07, 6.45) is 4.84. The Morgan fingerprint density at radius 2 is 2.44 bits per heavy atom. The number of halogens is 1. The van der Waals surface area contributed by atoms with Crippen LogP contribution in [0.25, 0.3) is 0 Å². The molecule has 1 fully saturated rings. The Labute approximate surface area is 106 Å². The fourth-order valence-electron chi connectivity index (χ4n) is 2.50. The van der Waals surface area contributed by atoms with Gasteiger partial charge in [0.1, 0.15) is 5.82 Å². The summed E-state index contributed by atoms with van der Waals surface area (Å²) >= 11 is 7.58. The Morgan fingerprint density at radius 3 is 3.00 bits per heavy atom. The first-order valence-electron chi connectivity index (χ1n) is 5.78. The molecule has 0 spiro atoms. The highest BCUT2D eigenvalue weighted by Crippen LogP contribution is 2.36. The van der Waals surface area contributed by atoms with Crippen LogP contribution in [-0.4, -0.2) is 20.8 Å². The van der Waals surface area contributed by atoms with E-state index in [0.29, 0.717) is 5.88 Å². The molecule has 3 nitrogen and oxygen atoms in total. The lowest BCUT2D eigenvalue weighted by molar-refractivity contribution is 0.279. The fraction of sp³-hybridized carbons (Fsp3) is 0.818. The molecule has 1 aromatic heterocycles. The van der Waals surface area contributed by atoms with Gasteiger partial charge in [-0.25, -0.2) is 4.98 Å². The molecule has 2 unspecified atom stereocenters.